The zero-order valence-corrected chi connectivity index (χ0v) is 16.1. The Morgan fingerprint density at radius 1 is 1.08 bits per heavy atom. The summed E-state index contributed by atoms with van der Waals surface area (Å²) in [6, 6.07) is 0. The molecule has 0 spiro atoms. The summed E-state index contributed by atoms with van der Waals surface area (Å²) in [4.78, 5) is 38.5. The summed E-state index contributed by atoms with van der Waals surface area (Å²) >= 11 is 1.21. The number of anilines is 2. The zero-order chi connectivity index (χ0) is 19.6. The van der Waals surface area contributed by atoms with E-state index in [9.17, 15) is 14.4 Å². The molecule has 0 radical (unpaired) electrons. The van der Waals surface area contributed by atoms with E-state index in [0.717, 1.165) is 12.8 Å². The Hall–Kier alpha value is -2.20. The zero-order valence-electron chi connectivity index (χ0n) is 15.3. The van der Waals surface area contributed by atoms with Crippen molar-refractivity contribution in [1.29, 1.82) is 0 Å². The molecule has 0 atom stereocenters. The van der Waals surface area contributed by atoms with Gasteiger partial charge in [0.2, 0.25) is 11.8 Å². The lowest BCUT2D eigenvalue weighted by molar-refractivity contribution is -0.129. The van der Waals surface area contributed by atoms with Crippen molar-refractivity contribution < 1.29 is 24.3 Å². The van der Waals surface area contributed by atoms with Crippen LogP contribution < -0.4 is 16.1 Å². The van der Waals surface area contributed by atoms with Gasteiger partial charge < -0.3 is 10.1 Å². The van der Waals surface area contributed by atoms with Gasteiger partial charge in [0, 0.05) is 18.2 Å². The monoisotopic (exact) mass is 386 g/mol. The fraction of sp³-hybridized carbons (Fsp3) is 0.625. The third-order valence-electron chi connectivity index (χ3n) is 3.06. The van der Waals surface area contributed by atoms with Crippen LogP contribution in [0.5, 0.6) is 0 Å². The van der Waals surface area contributed by atoms with Gasteiger partial charge in [0.1, 0.15) is 11.4 Å². The van der Waals surface area contributed by atoms with Crippen LogP contribution in [0.1, 0.15) is 59.3 Å². The largest absolute Gasteiger partial charge is 0.444 e. The van der Waals surface area contributed by atoms with E-state index in [-0.39, 0.29) is 12.3 Å². The first-order chi connectivity index (χ1) is 12.2. The van der Waals surface area contributed by atoms with Crippen molar-refractivity contribution in [3.8, 4) is 0 Å². The van der Waals surface area contributed by atoms with Gasteiger partial charge in [-0.3, -0.25) is 20.1 Å². The van der Waals surface area contributed by atoms with Crippen LogP contribution in [0.25, 0.3) is 0 Å². The van der Waals surface area contributed by atoms with Crippen molar-refractivity contribution in [3.63, 3.8) is 0 Å². The van der Waals surface area contributed by atoms with E-state index in [4.69, 9.17) is 9.94 Å². The Labute approximate surface area is 156 Å². The minimum Gasteiger partial charge on any atom is -0.444 e. The van der Waals surface area contributed by atoms with E-state index >= 15 is 0 Å². The fourth-order valence-corrected chi connectivity index (χ4v) is 2.62. The van der Waals surface area contributed by atoms with Crippen LogP contribution >= 0.6 is 11.3 Å². The summed E-state index contributed by atoms with van der Waals surface area (Å²) in [7, 11) is 0. The highest BCUT2D eigenvalue weighted by Gasteiger charge is 2.17. The van der Waals surface area contributed by atoms with Gasteiger partial charge in [0.25, 0.3) is 0 Å². The standard InChI is InChI=1S/C16H26N4O5S/c1-16(2,3)25-15(23)18-11-10-26-14(17-11)19-12(21)8-6-4-5-7-9-13(22)20-24/h10,24H,4-9H2,1-3H3,(H,18,23)(H,20,22)(H,17,19,21). The highest BCUT2D eigenvalue weighted by molar-refractivity contribution is 7.14. The Kier molecular flexibility index (Phi) is 9.00. The number of hydrogen-bond acceptors (Lipinski definition) is 7. The summed E-state index contributed by atoms with van der Waals surface area (Å²) in [6.45, 7) is 5.29. The predicted octanol–water partition coefficient (Wildman–Crippen LogP) is 3.27. The van der Waals surface area contributed by atoms with Gasteiger partial charge in [0.05, 0.1) is 0 Å². The topological polar surface area (TPSA) is 130 Å². The number of nitrogens with zero attached hydrogens (tertiary/aromatic N) is 1. The average Bonchev–Trinajstić information content (AvgIpc) is 2.95. The maximum absolute atomic E-state index is 11.9. The molecule has 3 amide bonds. The molecule has 0 unspecified atom stereocenters. The molecule has 0 saturated carbocycles. The van der Waals surface area contributed by atoms with Crippen molar-refractivity contribution in [2.24, 2.45) is 0 Å². The van der Waals surface area contributed by atoms with Crippen molar-refractivity contribution >= 4 is 40.2 Å². The Bertz CT molecular complexity index is 612. The normalized spacial score (nSPS) is 10.9. The van der Waals surface area contributed by atoms with E-state index in [0.29, 0.717) is 30.2 Å². The van der Waals surface area contributed by atoms with Crippen molar-refractivity contribution in [1.82, 2.24) is 10.5 Å². The summed E-state index contributed by atoms with van der Waals surface area (Å²) < 4.78 is 5.13. The molecule has 1 aromatic heterocycles. The molecule has 0 bridgehead atoms. The number of hydrogen-bond donors (Lipinski definition) is 4. The van der Waals surface area contributed by atoms with Gasteiger partial charge in [-0.2, -0.15) is 0 Å². The molecule has 10 heteroatoms. The van der Waals surface area contributed by atoms with Crippen LogP contribution in [-0.4, -0.2) is 33.7 Å². The molecule has 4 N–H and O–H groups in total. The first-order valence-electron chi connectivity index (χ1n) is 8.38. The summed E-state index contributed by atoms with van der Waals surface area (Å²) in [6.07, 6.45) is 3.00. The molecule has 9 nitrogen and oxygen atoms in total. The molecule has 0 fully saturated rings. The van der Waals surface area contributed by atoms with E-state index in [1.54, 1.807) is 31.6 Å². The van der Waals surface area contributed by atoms with Crippen LogP contribution in [0, 0.1) is 0 Å². The summed E-state index contributed by atoms with van der Waals surface area (Å²) in [5.74, 6) is -0.236. The minimum absolute atomic E-state index is 0.156. The van der Waals surface area contributed by atoms with Crippen LogP contribution in [0.2, 0.25) is 0 Å². The van der Waals surface area contributed by atoms with Crippen LogP contribution in [0.3, 0.4) is 0 Å². The maximum atomic E-state index is 11.9. The molecule has 1 aromatic rings. The van der Waals surface area contributed by atoms with E-state index in [1.807, 2.05) is 0 Å². The molecule has 1 rings (SSSR count). The highest BCUT2D eigenvalue weighted by Crippen LogP contribution is 2.20. The molecule has 1 heterocycles. The fourth-order valence-electron chi connectivity index (χ4n) is 1.96. The molecule has 0 saturated heterocycles. The summed E-state index contributed by atoms with van der Waals surface area (Å²) in [5, 5.41) is 15.6. The number of unbranched alkanes of at least 4 members (excludes halogenated alkanes) is 3. The molecule has 0 aliphatic heterocycles. The van der Waals surface area contributed by atoms with E-state index in [2.05, 4.69) is 15.6 Å². The Morgan fingerprint density at radius 2 is 1.69 bits per heavy atom. The van der Waals surface area contributed by atoms with Crippen LogP contribution in [0.15, 0.2) is 5.38 Å². The van der Waals surface area contributed by atoms with Gasteiger partial charge in [0.15, 0.2) is 5.13 Å². The number of carbonyl (C=O) groups excluding carboxylic acids is 3. The maximum Gasteiger partial charge on any atom is 0.413 e. The molecular formula is C16H26N4O5S. The average molecular weight is 386 g/mol. The van der Waals surface area contributed by atoms with Gasteiger partial charge in [-0.25, -0.2) is 15.3 Å². The van der Waals surface area contributed by atoms with Crippen molar-refractivity contribution in [2.45, 2.75) is 64.9 Å². The number of nitrogens with one attached hydrogen (secondary N) is 3. The quantitative estimate of drug-likeness (QED) is 0.293. The van der Waals surface area contributed by atoms with Crippen molar-refractivity contribution in [2.75, 3.05) is 10.6 Å². The van der Waals surface area contributed by atoms with Crippen LogP contribution in [0.4, 0.5) is 15.7 Å². The second-order valence-electron chi connectivity index (χ2n) is 6.66. The van der Waals surface area contributed by atoms with Crippen molar-refractivity contribution in [3.05, 3.63) is 5.38 Å². The number of carbonyl (C=O) groups is 3. The second-order valence-corrected chi connectivity index (χ2v) is 7.52. The number of hydroxylamine groups is 1. The van der Waals surface area contributed by atoms with Gasteiger partial charge in [-0.1, -0.05) is 12.8 Å². The van der Waals surface area contributed by atoms with Crippen LogP contribution in [-0.2, 0) is 14.3 Å². The number of rotatable bonds is 9. The number of aromatic nitrogens is 1. The lowest BCUT2D eigenvalue weighted by Crippen LogP contribution is -2.27. The number of ether oxygens (including phenoxy) is 1. The van der Waals surface area contributed by atoms with Gasteiger partial charge in [-0.15, -0.1) is 11.3 Å². The first kappa shape index (κ1) is 21.8. The third-order valence-corrected chi connectivity index (χ3v) is 3.82. The van der Waals surface area contributed by atoms with Gasteiger partial charge >= 0.3 is 6.09 Å². The Morgan fingerprint density at radius 3 is 2.27 bits per heavy atom. The number of amides is 3. The first-order valence-corrected chi connectivity index (χ1v) is 9.26. The third kappa shape index (κ3) is 9.94. The minimum atomic E-state index is -0.601. The molecule has 26 heavy (non-hydrogen) atoms. The Balaban J connectivity index is 2.24. The van der Waals surface area contributed by atoms with Gasteiger partial charge in [-0.05, 0) is 33.6 Å². The molecule has 0 aliphatic rings. The smallest absolute Gasteiger partial charge is 0.413 e. The molecule has 0 aromatic carbocycles. The lowest BCUT2D eigenvalue weighted by Gasteiger charge is -2.19. The molecule has 0 aliphatic carbocycles. The van der Waals surface area contributed by atoms with E-state index in [1.165, 1.54) is 11.3 Å². The highest BCUT2D eigenvalue weighted by atomic mass is 32.1. The lowest BCUT2D eigenvalue weighted by atomic mass is 10.1. The summed E-state index contributed by atoms with van der Waals surface area (Å²) in [5.41, 5.74) is 0.985. The van der Waals surface area contributed by atoms with E-state index < -0.39 is 17.6 Å². The number of thiazole rings is 1. The predicted molar refractivity (Wildman–Crippen MR) is 98.2 cm³/mol. The molecule has 146 valence electrons. The molecular weight excluding hydrogens is 360 g/mol. The SMILES string of the molecule is CC(C)(C)OC(=O)Nc1csc(NC(=O)CCCCCCC(=O)NO)n1. The second kappa shape index (κ2) is 10.7.